The molecule has 8 heteroatoms. The molecule has 2 aromatic carbocycles. The molecular weight excluding hydrogens is 469 g/mol. The molecule has 35 heavy (non-hydrogen) atoms. The highest BCUT2D eigenvalue weighted by Gasteiger charge is 2.43. The number of benzene rings is 2. The second-order valence-electron chi connectivity index (χ2n) is 9.76. The minimum atomic E-state index is -0.991. The van der Waals surface area contributed by atoms with Crippen LogP contribution >= 0.6 is 11.6 Å². The van der Waals surface area contributed by atoms with Gasteiger partial charge in [0, 0.05) is 30.4 Å². The normalized spacial score (nSPS) is 19.9. The van der Waals surface area contributed by atoms with Gasteiger partial charge in [0.15, 0.2) is 11.4 Å². The molecule has 1 atom stereocenters. The second-order valence-corrected chi connectivity index (χ2v) is 10.2. The van der Waals surface area contributed by atoms with Gasteiger partial charge in [0.05, 0.1) is 28.8 Å². The predicted octanol–water partition coefficient (Wildman–Crippen LogP) is 5.66. The van der Waals surface area contributed by atoms with Crippen LogP contribution < -0.4 is 5.32 Å². The zero-order valence-electron chi connectivity index (χ0n) is 20.0. The molecule has 1 fully saturated rings. The van der Waals surface area contributed by atoms with Crippen molar-refractivity contribution in [3.63, 3.8) is 0 Å². The Balaban J connectivity index is 1.41. The van der Waals surface area contributed by atoms with Gasteiger partial charge in [0.2, 0.25) is 5.91 Å². The van der Waals surface area contributed by atoms with Crippen LogP contribution in [0.2, 0.25) is 5.02 Å². The number of nitriles is 1. The van der Waals surface area contributed by atoms with Gasteiger partial charge in [-0.1, -0.05) is 28.9 Å². The first kappa shape index (κ1) is 24.9. The summed E-state index contributed by atoms with van der Waals surface area (Å²) in [6, 6.07) is 10.8. The lowest BCUT2D eigenvalue weighted by Gasteiger charge is -2.23. The van der Waals surface area contributed by atoms with Gasteiger partial charge in [-0.05, 0) is 68.5 Å². The van der Waals surface area contributed by atoms with E-state index < -0.39 is 17.0 Å². The van der Waals surface area contributed by atoms with E-state index in [1.807, 2.05) is 19.9 Å². The molecule has 1 heterocycles. The minimum absolute atomic E-state index is 0.0445. The number of carbonyl (C=O) groups is 2. The van der Waals surface area contributed by atoms with Crippen molar-refractivity contribution in [2.24, 2.45) is 5.16 Å². The summed E-state index contributed by atoms with van der Waals surface area (Å²) in [5.41, 5.74) is 2.54. The molecule has 182 valence electrons. The van der Waals surface area contributed by atoms with Crippen LogP contribution in [0.25, 0.3) is 0 Å². The topological polar surface area (TPSA) is 91.6 Å². The van der Waals surface area contributed by atoms with Crippen LogP contribution in [0.5, 0.6) is 0 Å². The van der Waals surface area contributed by atoms with E-state index in [2.05, 4.69) is 16.5 Å². The van der Waals surface area contributed by atoms with Crippen LogP contribution in [-0.2, 0) is 15.2 Å². The Bertz CT molecular complexity index is 1280. The maximum Gasteiger partial charge on any atom is 0.220 e. The standard InChI is InChI=1S/C27H27ClFN3O3/c1-16-12-20(25(29)21(28)13-16)26(3)15-22(32-35-26)18-4-5-19(17(2)14-18)23(33)6-7-24(34)31-27(8-9-27)10-11-30/h4-5,12-14H,6-10,15H2,1-3H3,(H,31,34). The monoisotopic (exact) mass is 495 g/mol. The third kappa shape index (κ3) is 5.23. The SMILES string of the molecule is Cc1cc(Cl)c(F)c(C2(C)CC(c3ccc(C(=O)CCC(=O)NC4(CC#N)CC4)c(C)c3)=NO2)c1. The molecule has 2 aliphatic rings. The molecule has 2 aromatic rings. The molecular formula is C27H27ClFN3O3. The van der Waals surface area contributed by atoms with Gasteiger partial charge in [-0.3, -0.25) is 9.59 Å². The smallest absolute Gasteiger partial charge is 0.220 e. The number of carbonyl (C=O) groups excluding carboxylic acids is 2. The molecule has 1 saturated carbocycles. The average Bonchev–Trinajstić information content (AvgIpc) is 3.43. The second kappa shape index (κ2) is 9.43. The Morgan fingerprint density at radius 3 is 2.63 bits per heavy atom. The summed E-state index contributed by atoms with van der Waals surface area (Å²) in [6.07, 6.45) is 2.42. The van der Waals surface area contributed by atoms with E-state index in [0.29, 0.717) is 29.7 Å². The molecule has 0 bridgehead atoms. The highest BCUT2D eigenvalue weighted by molar-refractivity contribution is 6.30. The van der Waals surface area contributed by atoms with Gasteiger partial charge in [-0.25, -0.2) is 4.39 Å². The van der Waals surface area contributed by atoms with Crippen molar-refractivity contribution in [1.29, 1.82) is 5.26 Å². The number of oxime groups is 1. The number of nitrogens with one attached hydrogen (secondary N) is 1. The number of nitrogens with zero attached hydrogens (tertiary/aromatic N) is 2. The number of halogens is 2. The van der Waals surface area contributed by atoms with Crippen molar-refractivity contribution in [2.75, 3.05) is 0 Å². The Kier molecular flexibility index (Phi) is 6.70. The summed E-state index contributed by atoms with van der Waals surface area (Å²) in [5.74, 6) is -0.849. The molecule has 0 radical (unpaired) electrons. The van der Waals surface area contributed by atoms with Crippen LogP contribution in [0.15, 0.2) is 35.5 Å². The van der Waals surface area contributed by atoms with Crippen LogP contribution in [0.1, 0.15) is 78.1 Å². The number of aryl methyl sites for hydroxylation is 2. The molecule has 0 aromatic heterocycles. The first-order valence-electron chi connectivity index (χ1n) is 11.6. The highest BCUT2D eigenvalue weighted by atomic mass is 35.5. The number of amides is 1. The van der Waals surface area contributed by atoms with Crippen LogP contribution in [0, 0.1) is 31.0 Å². The third-order valence-corrected chi connectivity index (χ3v) is 6.99. The third-order valence-electron chi connectivity index (χ3n) is 6.72. The summed E-state index contributed by atoms with van der Waals surface area (Å²) in [6.45, 7) is 5.45. The largest absolute Gasteiger partial charge is 0.384 e. The fraction of sp³-hybridized carbons (Fsp3) is 0.407. The lowest BCUT2D eigenvalue weighted by atomic mass is 9.87. The van der Waals surface area contributed by atoms with Crippen molar-refractivity contribution in [3.8, 4) is 6.07 Å². The molecule has 1 amide bonds. The molecule has 0 spiro atoms. The summed E-state index contributed by atoms with van der Waals surface area (Å²) < 4.78 is 14.7. The van der Waals surface area contributed by atoms with E-state index >= 15 is 0 Å². The summed E-state index contributed by atoms with van der Waals surface area (Å²) in [4.78, 5) is 30.7. The van der Waals surface area contributed by atoms with Gasteiger partial charge in [0.1, 0.15) is 5.82 Å². The van der Waals surface area contributed by atoms with Gasteiger partial charge >= 0.3 is 0 Å². The van der Waals surface area contributed by atoms with Gasteiger partial charge in [-0.15, -0.1) is 0 Å². The number of Topliss-reactive ketones (excluding diaryl/α,β-unsaturated/α-hetero) is 1. The fourth-order valence-corrected chi connectivity index (χ4v) is 4.75. The molecule has 1 aliphatic heterocycles. The molecule has 0 saturated heterocycles. The quantitative estimate of drug-likeness (QED) is 0.478. The van der Waals surface area contributed by atoms with Gasteiger partial charge < -0.3 is 10.2 Å². The first-order valence-corrected chi connectivity index (χ1v) is 12.0. The molecule has 4 rings (SSSR count). The zero-order valence-corrected chi connectivity index (χ0v) is 20.8. The Labute approximate surface area is 209 Å². The fourth-order valence-electron chi connectivity index (χ4n) is 4.47. The molecule has 1 N–H and O–H groups in total. The highest BCUT2D eigenvalue weighted by Crippen LogP contribution is 2.40. The number of ketones is 1. The first-order chi connectivity index (χ1) is 16.6. The summed E-state index contributed by atoms with van der Waals surface area (Å²) in [5, 5.41) is 16.0. The lowest BCUT2D eigenvalue weighted by molar-refractivity contribution is -0.122. The summed E-state index contributed by atoms with van der Waals surface area (Å²) >= 11 is 6.04. The van der Waals surface area contributed by atoms with E-state index in [0.717, 1.165) is 29.5 Å². The Morgan fingerprint density at radius 2 is 1.97 bits per heavy atom. The Hall–Kier alpha value is -3.24. The molecule has 1 aliphatic carbocycles. The van der Waals surface area contributed by atoms with Crippen LogP contribution in [0.3, 0.4) is 0 Å². The molecule has 1 unspecified atom stereocenters. The van der Waals surface area contributed by atoms with Gasteiger partial charge in [-0.2, -0.15) is 5.26 Å². The van der Waals surface area contributed by atoms with Crippen LogP contribution in [-0.4, -0.2) is 22.9 Å². The maximum absolute atomic E-state index is 14.7. The predicted molar refractivity (Wildman–Crippen MR) is 131 cm³/mol. The Morgan fingerprint density at radius 1 is 1.23 bits per heavy atom. The minimum Gasteiger partial charge on any atom is -0.384 e. The zero-order chi connectivity index (χ0) is 25.4. The number of hydrogen-bond donors (Lipinski definition) is 1. The number of rotatable bonds is 8. The maximum atomic E-state index is 14.7. The van der Waals surface area contributed by atoms with E-state index in [-0.39, 0.29) is 29.6 Å². The van der Waals surface area contributed by atoms with Crippen molar-refractivity contribution < 1.29 is 18.8 Å². The van der Waals surface area contributed by atoms with E-state index in [9.17, 15) is 14.0 Å². The average molecular weight is 496 g/mol. The van der Waals surface area contributed by atoms with Crippen LogP contribution in [0.4, 0.5) is 4.39 Å². The lowest BCUT2D eigenvalue weighted by Crippen LogP contribution is -2.36. The van der Waals surface area contributed by atoms with E-state index in [1.54, 1.807) is 31.2 Å². The molecule has 6 nitrogen and oxygen atoms in total. The van der Waals surface area contributed by atoms with Crippen molar-refractivity contribution in [2.45, 2.75) is 70.4 Å². The van der Waals surface area contributed by atoms with Crippen molar-refractivity contribution in [3.05, 3.63) is 69.0 Å². The van der Waals surface area contributed by atoms with Crippen molar-refractivity contribution in [1.82, 2.24) is 5.32 Å². The van der Waals surface area contributed by atoms with E-state index in [1.165, 1.54) is 0 Å². The summed E-state index contributed by atoms with van der Waals surface area (Å²) in [7, 11) is 0. The number of hydrogen-bond acceptors (Lipinski definition) is 5. The van der Waals surface area contributed by atoms with E-state index in [4.69, 9.17) is 21.7 Å². The van der Waals surface area contributed by atoms with Crippen molar-refractivity contribution >= 4 is 29.0 Å². The van der Waals surface area contributed by atoms with Gasteiger partial charge in [0.25, 0.3) is 0 Å².